The molecular weight excluding hydrogens is 1040 g/mol. The van der Waals surface area contributed by atoms with E-state index in [0.717, 1.165) is 45.1 Å². The van der Waals surface area contributed by atoms with Gasteiger partial charge in [0.2, 0.25) is 0 Å². The number of cyclic esters (lactones) is 1. The summed E-state index contributed by atoms with van der Waals surface area (Å²) in [6.45, 7) is 14.8. The number of unbranched alkanes of at least 4 members (excludes halogenated alkanes) is 2. The summed E-state index contributed by atoms with van der Waals surface area (Å²) in [5, 5.41) is 135. The van der Waals surface area contributed by atoms with E-state index in [4.69, 9.17) is 19.9 Å². The van der Waals surface area contributed by atoms with Crippen LogP contribution in [0.3, 0.4) is 0 Å². The number of rotatable bonds is 14. The number of carbonyl (C=O) groups excluding carboxylic acids is 2. The number of esters is 2. The second-order valence-electron chi connectivity index (χ2n) is 23.4. The minimum absolute atomic E-state index is 0.0716. The average Bonchev–Trinajstić information content (AvgIpc) is 3.38. The van der Waals surface area contributed by atoms with Gasteiger partial charge >= 0.3 is 17.9 Å². The number of nitrogens with one attached hydrogen (secondary N) is 1. The minimum Gasteiger partial charge on any atom is -0.481 e. The third-order valence-electron chi connectivity index (χ3n) is 16.2. The van der Waals surface area contributed by atoms with Crippen LogP contribution in [0.15, 0.2) is 53.6 Å². The number of hydrogen-bond acceptors (Lipinski definition) is 18. The van der Waals surface area contributed by atoms with E-state index in [1.807, 2.05) is 19.9 Å². The van der Waals surface area contributed by atoms with Gasteiger partial charge in [0.25, 0.3) is 0 Å². The highest BCUT2D eigenvalue weighted by Gasteiger charge is 2.50. The molecule has 21 heteroatoms. The van der Waals surface area contributed by atoms with Crippen LogP contribution in [0.4, 0.5) is 0 Å². The molecule has 1 fully saturated rings. The van der Waals surface area contributed by atoms with Crippen LogP contribution in [-0.4, -0.2) is 184 Å². The Morgan fingerprint density at radius 1 is 0.762 bits per heavy atom. The Balaban J connectivity index is 2.43. The molecule has 20 unspecified atom stereocenters. The predicted molar refractivity (Wildman–Crippen MR) is 302 cm³/mol. The molecule has 0 aromatic carbocycles. The van der Waals surface area contributed by atoms with E-state index in [0.29, 0.717) is 5.96 Å². The van der Waals surface area contributed by atoms with Crippen molar-refractivity contribution in [2.75, 3.05) is 13.6 Å². The molecule has 2 bridgehead atoms. The normalized spacial score (nSPS) is 38.9. The van der Waals surface area contributed by atoms with Crippen LogP contribution >= 0.6 is 0 Å². The molecule has 80 heavy (non-hydrogen) atoms. The molecule has 22 atom stereocenters. The van der Waals surface area contributed by atoms with E-state index >= 15 is 0 Å². The molecule has 2 aliphatic rings. The number of nitrogens with two attached hydrogens (primary N) is 1. The number of carboxylic acid groups (broad SMARTS) is 1. The summed E-state index contributed by atoms with van der Waals surface area (Å²) in [7, 11) is 1.63. The van der Waals surface area contributed by atoms with Gasteiger partial charge < -0.3 is 86.5 Å². The first kappa shape index (κ1) is 72.3. The van der Waals surface area contributed by atoms with Gasteiger partial charge in [0.1, 0.15) is 24.7 Å². The first-order valence-corrected chi connectivity index (χ1v) is 29.0. The van der Waals surface area contributed by atoms with Crippen molar-refractivity contribution in [2.45, 2.75) is 237 Å². The summed E-state index contributed by atoms with van der Waals surface area (Å²) >= 11 is 0. The van der Waals surface area contributed by atoms with Gasteiger partial charge in [0.05, 0.1) is 67.0 Å². The Kier molecular flexibility index (Phi) is 33.1. The second kappa shape index (κ2) is 36.7. The monoisotopic (exact) mass is 1140 g/mol. The Labute approximate surface area is 474 Å². The van der Waals surface area contributed by atoms with Crippen molar-refractivity contribution in [2.24, 2.45) is 58.1 Å². The number of allylic oxidation sites excluding steroid dienone is 4. The van der Waals surface area contributed by atoms with Crippen LogP contribution in [0.2, 0.25) is 0 Å². The number of carbonyl (C=O) groups is 3. The molecule has 0 aromatic rings. The molecule has 0 saturated carbocycles. The summed E-state index contributed by atoms with van der Waals surface area (Å²) in [6, 6.07) is 0. The fraction of sp³-hybridized carbons (Fsp3) is 0.797. The van der Waals surface area contributed by atoms with Gasteiger partial charge in [-0.2, -0.15) is 0 Å². The first-order valence-electron chi connectivity index (χ1n) is 29.0. The van der Waals surface area contributed by atoms with Crippen molar-refractivity contribution >= 4 is 23.9 Å². The number of aliphatic hydroxyl groups excluding tert-OH is 10. The fourth-order valence-corrected chi connectivity index (χ4v) is 10.3. The Hall–Kier alpha value is -3.84. The molecule has 15 N–H and O–H groups in total. The first-order chi connectivity index (χ1) is 37.5. The highest BCUT2D eigenvalue weighted by Crippen LogP contribution is 2.36. The summed E-state index contributed by atoms with van der Waals surface area (Å²) in [5.74, 6) is -9.43. The molecule has 2 heterocycles. The number of hydrogen-bond donors (Lipinski definition) is 14. The fourth-order valence-electron chi connectivity index (χ4n) is 10.3. The number of nitrogens with zero attached hydrogens (tertiary/aromatic N) is 1. The molecule has 21 nitrogen and oxygen atoms in total. The molecule has 0 aliphatic carbocycles. The van der Waals surface area contributed by atoms with E-state index in [2.05, 4.69) is 29.4 Å². The lowest BCUT2D eigenvalue weighted by Crippen LogP contribution is -2.60. The Morgan fingerprint density at radius 2 is 1.40 bits per heavy atom. The summed E-state index contributed by atoms with van der Waals surface area (Å²) in [5.41, 5.74) is 5.68. The highest BCUT2D eigenvalue weighted by atomic mass is 16.7. The van der Waals surface area contributed by atoms with Gasteiger partial charge in [-0.05, 0) is 76.0 Å². The Morgan fingerprint density at radius 3 is 2.05 bits per heavy atom. The third-order valence-corrected chi connectivity index (χ3v) is 16.2. The van der Waals surface area contributed by atoms with E-state index in [9.17, 15) is 75.7 Å². The van der Waals surface area contributed by atoms with E-state index in [1.165, 1.54) is 12.2 Å². The van der Waals surface area contributed by atoms with Crippen LogP contribution in [-0.2, 0) is 28.6 Å². The summed E-state index contributed by atoms with van der Waals surface area (Å²) < 4.78 is 17.5. The maximum atomic E-state index is 13.8. The molecule has 2 rings (SSSR count). The van der Waals surface area contributed by atoms with E-state index in [1.54, 1.807) is 59.9 Å². The molecule has 1 saturated heterocycles. The zero-order chi connectivity index (χ0) is 60.4. The van der Waals surface area contributed by atoms with Crippen LogP contribution in [0.5, 0.6) is 0 Å². The largest absolute Gasteiger partial charge is 0.481 e. The lowest BCUT2D eigenvalue weighted by Gasteiger charge is -2.45. The number of aliphatic imine (C=N–C) groups is 1. The average molecular weight is 1140 g/mol. The summed E-state index contributed by atoms with van der Waals surface area (Å²) in [4.78, 5) is 41.7. The maximum Gasteiger partial charge on any atom is 0.317 e. The van der Waals surface area contributed by atoms with Crippen LogP contribution < -0.4 is 11.1 Å². The topological polar surface area (TPSA) is 372 Å². The smallest absolute Gasteiger partial charge is 0.317 e. The predicted octanol–water partition coefficient (Wildman–Crippen LogP) is 3.30. The lowest BCUT2D eigenvalue weighted by molar-refractivity contribution is -0.333. The van der Waals surface area contributed by atoms with Crippen molar-refractivity contribution in [1.82, 2.24) is 5.32 Å². The zero-order valence-corrected chi connectivity index (χ0v) is 48.9. The lowest BCUT2D eigenvalue weighted by atomic mass is 9.83. The molecule has 0 spiro atoms. The Bertz CT molecular complexity index is 1960. The van der Waals surface area contributed by atoms with Crippen molar-refractivity contribution < 1.29 is 89.9 Å². The number of carboxylic acids is 1. The van der Waals surface area contributed by atoms with Gasteiger partial charge in [0.15, 0.2) is 11.7 Å². The van der Waals surface area contributed by atoms with Gasteiger partial charge in [-0.3, -0.25) is 19.4 Å². The molecule has 462 valence electrons. The summed E-state index contributed by atoms with van der Waals surface area (Å²) in [6.07, 6.45) is -0.165. The van der Waals surface area contributed by atoms with Crippen molar-refractivity contribution in [3.63, 3.8) is 0 Å². The standard InChI is InChI=1S/C59H103N3O18/c1-34(18-14-12-10-11-13-17-25-62-58(60)61-9)26-38(5)55-37(4)19-15-16-20-45(64)39(6)49(68)28-42(63)27-43(78-54(74)32-53(72)73)29-44-30-51(70)56(75)59(77,80-44)33-52(71)36(3)22-23-46(65)40(7)50(69)31-48(67)35(2)21-24-47(66)41(8)57(76)79-55/h10-11,15-16,19-21,24,34-52,55-56,63-71,75,77H,12-14,17-18,22-23,25-33H2,1-9H3,(H,72,73)(H3,60,61,62)/b11-10+,19-15+,20-16+,24-21+/t34-,35?,36?,37?,38-,39?,40?,41?,42?,43?,44?,45?,46?,47?,48?,49?,50?,51?,52?,55?,56?,59?/m0/s1. The number of aliphatic hydroxyl groups is 11. The minimum atomic E-state index is -2.54. The molecule has 0 aromatic heterocycles. The third kappa shape index (κ3) is 26.2. The van der Waals surface area contributed by atoms with E-state index < -0.39 is 145 Å². The zero-order valence-electron chi connectivity index (χ0n) is 48.9. The highest BCUT2D eigenvalue weighted by molar-refractivity contribution is 5.90. The molecule has 0 amide bonds. The number of aliphatic carboxylic acids is 1. The molecule has 0 radical (unpaired) electrons. The van der Waals surface area contributed by atoms with Gasteiger partial charge in [-0.15, -0.1) is 0 Å². The van der Waals surface area contributed by atoms with Crippen LogP contribution in [0.25, 0.3) is 0 Å². The number of ether oxygens (including phenoxy) is 3. The van der Waals surface area contributed by atoms with E-state index in [-0.39, 0.29) is 62.7 Å². The van der Waals surface area contributed by atoms with Crippen LogP contribution in [0.1, 0.15) is 152 Å². The SMILES string of the molecule is CN=C(N)NCCC/C=C/CCC[C@H](C)C[C@H](C)C1OC(=O)C(C)C(O)/C=C/C(C)C(O)CC(O)C(C)C(O)CCC(C)C(O)CC2(O)OC(CC(OC(=O)CC(=O)O)CC(O)CC(O)C(C)C(O)/C=C/C=C/C1C)CC(O)C2O. The maximum absolute atomic E-state index is 13.8. The molecule has 2 aliphatic heterocycles. The molecular formula is C59H103N3O18. The quantitative estimate of drug-likeness (QED) is 0.0296. The van der Waals surface area contributed by atoms with Crippen molar-refractivity contribution in [3.8, 4) is 0 Å². The van der Waals surface area contributed by atoms with Crippen LogP contribution in [0, 0.1) is 47.3 Å². The number of guanidine groups is 1. The van der Waals surface area contributed by atoms with Crippen molar-refractivity contribution in [3.05, 3.63) is 48.6 Å². The van der Waals surface area contributed by atoms with Gasteiger partial charge in [0, 0.05) is 69.4 Å². The number of fused-ring (bicyclic) bond motifs is 2. The van der Waals surface area contributed by atoms with Gasteiger partial charge in [-0.1, -0.05) is 103 Å². The second-order valence-corrected chi connectivity index (χ2v) is 23.4. The van der Waals surface area contributed by atoms with Gasteiger partial charge in [-0.25, -0.2) is 0 Å². The van der Waals surface area contributed by atoms with Crippen molar-refractivity contribution in [1.29, 1.82) is 0 Å².